The SMILES string of the molecule is CCCCCC[C@@H](C)OC(=O)c1ccc(-c2ccc(C3CCC(OC(=O)[C@@H](F)CCCC)CC3)cc2)cc1. The summed E-state index contributed by atoms with van der Waals surface area (Å²) in [4.78, 5) is 24.5. The van der Waals surface area contributed by atoms with Crippen LogP contribution in [0.4, 0.5) is 4.39 Å². The van der Waals surface area contributed by atoms with Crippen LogP contribution in [0.5, 0.6) is 0 Å². The Kier molecular flexibility index (Phi) is 12.3. The number of hydrogen-bond donors (Lipinski definition) is 0. The summed E-state index contributed by atoms with van der Waals surface area (Å²) in [7, 11) is 0. The van der Waals surface area contributed by atoms with Gasteiger partial charge in [-0.1, -0.05) is 82.3 Å². The average molecular weight is 525 g/mol. The van der Waals surface area contributed by atoms with E-state index < -0.39 is 12.1 Å². The Morgan fingerprint density at radius 1 is 0.816 bits per heavy atom. The number of carbonyl (C=O) groups excluding carboxylic acids is 2. The Bertz CT molecular complexity index is 977. The first-order chi connectivity index (χ1) is 18.4. The number of unbranched alkanes of at least 4 members (excludes halogenated alkanes) is 4. The molecule has 0 bridgehead atoms. The number of halogens is 1. The normalized spacial score (nSPS) is 18.9. The Hall–Kier alpha value is -2.69. The molecule has 1 saturated carbocycles. The molecule has 1 aliphatic carbocycles. The summed E-state index contributed by atoms with van der Waals surface area (Å²) < 4.78 is 25.0. The van der Waals surface area contributed by atoms with Crippen molar-refractivity contribution in [1.29, 1.82) is 0 Å². The molecule has 0 amide bonds. The van der Waals surface area contributed by atoms with Crippen molar-refractivity contribution in [2.75, 3.05) is 0 Å². The Balaban J connectivity index is 1.46. The molecule has 5 heteroatoms. The molecule has 2 aromatic rings. The van der Waals surface area contributed by atoms with Gasteiger partial charge in [0.2, 0.25) is 0 Å². The summed E-state index contributed by atoms with van der Waals surface area (Å²) in [5.41, 5.74) is 4.01. The van der Waals surface area contributed by atoms with Crippen molar-refractivity contribution in [3.8, 4) is 11.1 Å². The highest BCUT2D eigenvalue weighted by atomic mass is 19.1. The molecular formula is C33H45FO4. The van der Waals surface area contributed by atoms with Crippen molar-refractivity contribution in [3.63, 3.8) is 0 Å². The fraction of sp³-hybridized carbons (Fsp3) is 0.576. The van der Waals surface area contributed by atoms with Crippen LogP contribution in [0.2, 0.25) is 0 Å². The quantitative estimate of drug-likeness (QED) is 0.183. The molecule has 2 atom stereocenters. The molecule has 1 aliphatic rings. The number of esters is 2. The summed E-state index contributed by atoms with van der Waals surface area (Å²) in [5.74, 6) is -0.539. The van der Waals surface area contributed by atoms with Crippen LogP contribution in [-0.4, -0.2) is 30.3 Å². The maximum atomic E-state index is 13.9. The second-order valence-electron chi connectivity index (χ2n) is 10.8. The highest BCUT2D eigenvalue weighted by Crippen LogP contribution is 2.35. The van der Waals surface area contributed by atoms with E-state index in [2.05, 4.69) is 31.2 Å². The van der Waals surface area contributed by atoms with Gasteiger partial charge in [0.15, 0.2) is 6.17 Å². The molecule has 4 nitrogen and oxygen atoms in total. The van der Waals surface area contributed by atoms with E-state index in [4.69, 9.17) is 9.47 Å². The van der Waals surface area contributed by atoms with Crippen LogP contribution in [0.1, 0.15) is 120 Å². The van der Waals surface area contributed by atoms with Gasteiger partial charge in [-0.05, 0) is 86.6 Å². The van der Waals surface area contributed by atoms with Gasteiger partial charge in [0.1, 0.15) is 6.10 Å². The third-order valence-corrected chi connectivity index (χ3v) is 7.63. The van der Waals surface area contributed by atoms with Crippen molar-refractivity contribution < 1.29 is 23.5 Å². The molecule has 2 aromatic carbocycles. The minimum atomic E-state index is -1.50. The van der Waals surface area contributed by atoms with Crippen molar-refractivity contribution in [2.24, 2.45) is 0 Å². The first-order valence-corrected chi connectivity index (χ1v) is 14.7. The third kappa shape index (κ3) is 9.25. The highest BCUT2D eigenvalue weighted by Gasteiger charge is 2.27. The van der Waals surface area contributed by atoms with Gasteiger partial charge >= 0.3 is 11.9 Å². The van der Waals surface area contributed by atoms with Crippen molar-refractivity contribution in [1.82, 2.24) is 0 Å². The minimum Gasteiger partial charge on any atom is -0.460 e. The number of rotatable bonds is 14. The minimum absolute atomic E-state index is 0.0694. The van der Waals surface area contributed by atoms with Crippen LogP contribution in [0.3, 0.4) is 0 Å². The van der Waals surface area contributed by atoms with E-state index in [0.29, 0.717) is 17.9 Å². The highest BCUT2D eigenvalue weighted by molar-refractivity contribution is 5.90. The number of benzene rings is 2. The van der Waals surface area contributed by atoms with Crippen LogP contribution < -0.4 is 0 Å². The molecule has 208 valence electrons. The van der Waals surface area contributed by atoms with E-state index in [1.807, 2.05) is 38.1 Å². The zero-order valence-electron chi connectivity index (χ0n) is 23.4. The van der Waals surface area contributed by atoms with Gasteiger partial charge < -0.3 is 9.47 Å². The van der Waals surface area contributed by atoms with Gasteiger partial charge in [-0.2, -0.15) is 0 Å². The zero-order valence-corrected chi connectivity index (χ0v) is 23.4. The summed E-state index contributed by atoms with van der Waals surface area (Å²) in [6, 6.07) is 16.2. The van der Waals surface area contributed by atoms with E-state index in [9.17, 15) is 14.0 Å². The van der Waals surface area contributed by atoms with Crippen molar-refractivity contribution in [2.45, 2.75) is 122 Å². The second kappa shape index (κ2) is 15.7. The first-order valence-electron chi connectivity index (χ1n) is 14.7. The smallest absolute Gasteiger partial charge is 0.340 e. The number of hydrogen-bond acceptors (Lipinski definition) is 4. The first kappa shape index (κ1) is 29.9. The van der Waals surface area contributed by atoms with Crippen LogP contribution in [0.15, 0.2) is 48.5 Å². The Labute approximate surface area is 228 Å². The molecule has 0 saturated heterocycles. The van der Waals surface area contributed by atoms with Crippen LogP contribution in [0, 0.1) is 0 Å². The molecule has 0 aliphatic heterocycles. The van der Waals surface area contributed by atoms with E-state index in [1.54, 1.807) is 0 Å². The topological polar surface area (TPSA) is 52.6 Å². The van der Waals surface area contributed by atoms with Crippen LogP contribution in [-0.2, 0) is 14.3 Å². The van der Waals surface area contributed by atoms with Crippen molar-refractivity contribution in [3.05, 3.63) is 59.7 Å². The lowest BCUT2D eigenvalue weighted by atomic mass is 9.82. The lowest BCUT2D eigenvalue weighted by Crippen LogP contribution is -2.28. The molecule has 1 fully saturated rings. The van der Waals surface area contributed by atoms with Gasteiger partial charge in [0.25, 0.3) is 0 Å². The van der Waals surface area contributed by atoms with Crippen molar-refractivity contribution >= 4 is 11.9 Å². The average Bonchev–Trinajstić information content (AvgIpc) is 2.94. The van der Waals surface area contributed by atoms with Crippen LogP contribution >= 0.6 is 0 Å². The lowest BCUT2D eigenvalue weighted by molar-refractivity contribution is -0.157. The summed E-state index contributed by atoms with van der Waals surface area (Å²) in [5, 5.41) is 0. The molecule has 0 aromatic heterocycles. The Morgan fingerprint density at radius 3 is 2.03 bits per heavy atom. The lowest BCUT2D eigenvalue weighted by Gasteiger charge is -2.29. The molecule has 38 heavy (non-hydrogen) atoms. The fourth-order valence-electron chi connectivity index (χ4n) is 5.17. The Morgan fingerprint density at radius 2 is 1.42 bits per heavy atom. The molecule has 0 unspecified atom stereocenters. The zero-order chi connectivity index (χ0) is 27.3. The molecular weight excluding hydrogens is 479 g/mol. The summed E-state index contributed by atoms with van der Waals surface area (Å²) in [6.45, 7) is 6.14. The summed E-state index contributed by atoms with van der Waals surface area (Å²) in [6.07, 6.45) is 9.08. The van der Waals surface area contributed by atoms with Gasteiger partial charge in [-0.3, -0.25) is 0 Å². The monoisotopic (exact) mass is 524 g/mol. The van der Waals surface area contributed by atoms with E-state index in [-0.39, 0.29) is 24.6 Å². The molecule has 0 N–H and O–H groups in total. The predicted octanol–water partition coefficient (Wildman–Crippen LogP) is 8.97. The van der Waals surface area contributed by atoms with Gasteiger partial charge in [-0.15, -0.1) is 0 Å². The fourth-order valence-corrected chi connectivity index (χ4v) is 5.17. The predicted molar refractivity (Wildman–Crippen MR) is 151 cm³/mol. The van der Waals surface area contributed by atoms with E-state index >= 15 is 0 Å². The van der Waals surface area contributed by atoms with Gasteiger partial charge in [-0.25, -0.2) is 14.0 Å². The van der Waals surface area contributed by atoms with Crippen LogP contribution in [0.25, 0.3) is 11.1 Å². The maximum Gasteiger partial charge on any atom is 0.340 e. The van der Waals surface area contributed by atoms with E-state index in [1.165, 1.54) is 24.8 Å². The molecule has 0 radical (unpaired) electrons. The molecule has 0 heterocycles. The molecule has 0 spiro atoms. The number of alkyl halides is 1. The van der Waals surface area contributed by atoms with Gasteiger partial charge in [0, 0.05) is 0 Å². The van der Waals surface area contributed by atoms with E-state index in [0.717, 1.165) is 56.1 Å². The third-order valence-electron chi connectivity index (χ3n) is 7.63. The maximum absolute atomic E-state index is 13.9. The standard InChI is InChI=1S/C33H45FO4/c1-4-6-8-9-10-24(3)37-32(35)29-18-16-27(17-19-29)25-12-14-26(15-13-25)28-20-22-30(23-21-28)38-33(36)31(34)11-7-5-2/h12-19,24,28,30-31H,4-11,20-23H2,1-3H3/t24-,28?,30?,31+/m1/s1. The summed E-state index contributed by atoms with van der Waals surface area (Å²) >= 11 is 0. The number of carbonyl (C=O) groups is 2. The van der Waals surface area contributed by atoms with Gasteiger partial charge in [0.05, 0.1) is 11.7 Å². The largest absolute Gasteiger partial charge is 0.460 e. The molecule has 3 rings (SSSR count). The second-order valence-corrected chi connectivity index (χ2v) is 10.8. The number of ether oxygens (including phenoxy) is 2.